The van der Waals surface area contributed by atoms with Gasteiger partial charge < -0.3 is 16.2 Å². The first kappa shape index (κ1) is 17.7. The van der Waals surface area contributed by atoms with Crippen LogP contribution in [0.3, 0.4) is 0 Å². The third kappa shape index (κ3) is 3.47. The fourth-order valence-electron chi connectivity index (χ4n) is 2.36. The Labute approximate surface area is 147 Å². The molecule has 0 aliphatic rings. The molecule has 9 heteroatoms. The quantitative estimate of drug-likeness (QED) is 0.657. The molecule has 26 heavy (non-hydrogen) atoms. The van der Waals surface area contributed by atoms with Crippen molar-refractivity contribution in [3.05, 3.63) is 47.8 Å². The van der Waals surface area contributed by atoms with E-state index in [1.807, 2.05) is 0 Å². The lowest BCUT2D eigenvalue weighted by atomic mass is 10.1. The maximum atomic E-state index is 14.1. The third-order valence-electron chi connectivity index (χ3n) is 3.66. The Hall–Kier alpha value is -3.07. The summed E-state index contributed by atoms with van der Waals surface area (Å²) in [7, 11) is 0. The number of anilines is 1. The first-order chi connectivity index (χ1) is 12.2. The number of fused-ring (bicyclic) bond motifs is 1. The van der Waals surface area contributed by atoms with Gasteiger partial charge in [0.25, 0.3) is 5.91 Å². The smallest absolute Gasteiger partial charge is 0.251 e. The first-order valence-corrected chi connectivity index (χ1v) is 7.75. The van der Waals surface area contributed by atoms with Crippen LogP contribution in [-0.4, -0.2) is 37.5 Å². The molecule has 0 aromatic carbocycles. The molecule has 4 N–H and O–H groups in total. The second kappa shape index (κ2) is 6.34. The van der Waals surface area contributed by atoms with Crippen molar-refractivity contribution in [1.82, 2.24) is 19.7 Å². The molecule has 3 aromatic rings. The molecule has 3 aromatic heterocycles. The Kier molecular flexibility index (Phi) is 4.33. The number of carbonyl (C=O) groups is 1. The zero-order valence-electron chi connectivity index (χ0n) is 14.1. The van der Waals surface area contributed by atoms with Gasteiger partial charge in [-0.25, -0.2) is 18.7 Å². The van der Waals surface area contributed by atoms with Crippen LogP contribution in [0.2, 0.25) is 0 Å². The van der Waals surface area contributed by atoms with Gasteiger partial charge in [-0.15, -0.1) is 0 Å². The summed E-state index contributed by atoms with van der Waals surface area (Å²) >= 11 is 0. The van der Waals surface area contributed by atoms with Crippen molar-refractivity contribution in [1.29, 1.82) is 0 Å². The number of hydrogen-bond acceptors (Lipinski definition) is 5. The number of nitrogens with two attached hydrogens (primary N) is 1. The van der Waals surface area contributed by atoms with Crippen molar-refractivity contribution < 1.29 is 18.7 Å². The van der Waals surface area contributed by atoms with Gasteiger partial charge in [-0.2, -0.15) is 0 Å². The van der Waals surface area contributed by atoms with Gasteiger partial charge in [0.15, 0.2) is 17.5 Å². The third-order valence-corrected chi connectivity index (χ3v) is 3.66. The monoisotopic (exact) mass is 361 g/mol. The van der Waals surface area contributed by atoms with Gasteiger partial charge in [0.05, 0.1) is 17.5 Å². The number of nitrogens with zero attached hydrogens (tertiary/aromatic N) is 3. The van der Waals surface area contributed by atoms with Gasteiger partial charge in [0.1, 0.15) is 11.3 Å². The standard InChI is InChI=1S/C17H17F2N5O2/c1-17(2,26)8-22-16(25)9-3-4-24-12(7-21-13(24)5-9)14-10(18)6-11(19)15(20)23-14/h3-7,26H,8H2,1-2H3,(H2,20,23)(H,22,25). The minimum absolute atomic E-state index is 0.0840. The van der Waals surface area contributed by atoms with Gasteiger partial charge in [-0.05, 0) is 26.0 Å². The number of nitrogen functional groups attached to an aromatic ring is 1. The van der Waals surface area contributed by atoms with E-state index in [1.165, 1.54) is 28.9 Å². The number of amides is 1. The van der Waals surface area contributed by atoms with E-state index < -0.39 is 23.1 Å². The molecule has 0 saturated heterocycles. The Morgan fingerprint density at radius 1 is 1.35 bits per heavy atom. The van der Waals surface area contributed by atoms with Crippen LogP contribution in [0, 0.1) is 11.6 Å². The van der Waals surface area contributed by atoms with Crippen LogP contribution in [0.25, 0.3) is 17.0 Å². The number of carbonyl (C=O) groups excluding carboxylic acids is 1. The molecular formula is C17H17F2N5O2. The molecule has 0 saturated carbocycles. The minimum Gasteiger partial charge on any atom is -0.389 e. The predicted octanol–water partition coefficient (Wildman–Crippen LogP) is 1.76. The number of hydrogen-bond donors (Lipinski definition) is 3. The van der Waals surface area contributed by atoms with Crippen molar-refractivity contribution in [2.24, 2.45) is 0 Å². The Morgan fingerprint density at radius 2 is 2.08 bits per heavy atom. The molecule has 0 spiro atoms. The number of imidazole rings is 1. The normalized spacial score (nSPS) is 11.7. The summed E-state index contributed by atoms with van der Waals surface area (Å²) in [5, 5.41) is 12.3. The van der Waals surface area contributed by atoms with E-state index in [0.717, 1.165) is 0 Å². The van der Waals surface area contributed by atoms with E-state index in [0.29, 0.717) is 17.3 Å². The van der Waals surface area contributed by atoms with Crippen molar-refractivity contribution >= 4 is 17.4 Å². The topological polar surface area (TPSA) is 106 Å². The lowest BCUT2D eigenvalue weighted by Crippen LogP contribution is -2.38. The average molecular weight is 361 g/mol. The average Bonchev–Trinajstić information content (AvgIpc) is 2.98. The van der Waals surface area contributed by atoms with E-state index in [4.69, 9.17) is 5.73 Å². The van der Waals surface area contributed by atoms with Crippen LogP contribution in [0.5, 0.6) is 0 Å². The lowest BCUT2D eigenvalue weighted by Gasteiger charge is -2.17. The largest absolute Gasteiger partial charge is 0.389 e. The molecule has 0 aliphatic carbocycles. The maximum Gasteiger partial charge on any atom is 0.251 e. The van der Waals surface area contributed by atoms with Crippen molar-refractivity contribution in [3.8, 4) is 11.4 Å². The van der Waals surface area contributed by atoms with Gasteiger partial charge in [-0.3, -0.25) is 9.20 Å². The summed E-state index contributed by atoms with van der Waals surface area (Å²) in [5.41, 5.74) is 5.21. The second-order valence-electron chi connectivity index (χ2n) is 6.47. The highest BCUT2D eigenvalue weighted by atomic mass is 19.1. The fraction of sp³-hybridized carbons (Fsp3) is 0.235. The molecule has 0 fully saturated rings. The lowest BCUT2D eigenvalue weighted by molar-refractivity contribution is 0.0694. The van der Waals surface area contributed by atoms with E-state index >= 15 is 0 Å². The summed E-state index contributed by atoms with van der Waals surface area (Å²) in [6.07, 6.45) is 2.88. The summed E-state index contributed by atoms with van der Waals surface area (Å²) in [4.78, 5) is 20.0. The van der Waals surface area contributed by atoms with Crippen LogP contribution in [-0.2, 0) is 0 Å². The Morgan fingerprint density at radius 3 is 2.77 bits per heavy atom. The summed E-state index contributed by atoms with van der Waals surface area (Å²) in [5.74, 6) is -2.61. The SMILES string of the molecule is CC(C)(O)CNC(=O)c1ccn2c(-c3nc(N)c(F)cc3F)cnc2c1. The Balaban J connectivity index is 1.95. The maximum absolute atomic E-state index is 14.1. The molecule has 0 aliphatic heterocycles. The van der Waals surface area contributed by atoms with Gasteiger partial charge in [0.2, 0.25) is 0 Å². The van der Waals surface area contributed by atoms with Crippen LogP contribution in [0.4, 0.5) is 14.6 Å². The number of aliphatic hydroxyl groups is 1. The van der Waals surface area contributed by atoms with Gasteiger partial charge in [0, 0.05) is 24.4 Å². The van der Waals surface area contributed by atoms with Crippen molar-refractivity contribution in [3.63, 3.8) is 0 Å². The minimum atomic E-state index is -1.04. The highest BCUT2D eigenvalue weighted by molar-refractivity contribution is 5.95. The number of aromatic nitrogens is 3. The molecule has 0 atom stereocenters. The molecule has 3 heterocycles. The van der Waals surface area contributed by atoms with Crippen LogP contribution in [0.1, 0.15) is 24.2 Å². The highest BCUT2D eigenvalue weighted by Gasteiger charge is 2.18. The van der Waals surface area contributed by atoms with Gasteiger partial charge >= 0.3 is 0 Å². The first-order valence-electron chi connectivity index (χ1n) is 7.75. The van der Waals surface area contributed by atoms with E-state index in [1.54, 1.807) is 13.8 Å². The number of halogens is 2. The number of pyridine rings is 2. The molecular weight excluding hydrogens is 344 g/mol. The molecule has 7 nitrogen and oxygen atoms in total. The zero-order valence-corrected chi connectivity index (χ0v) is 14.1. The molecule has 0 unspecified atom stereocenters. The molecule has 3 rings (SSSR count). The second-order valence-corrected chi connectivity index (χ2v) is 6.47. The van der Waals surface area contributed by atoms with E-state index in [-0.39, 0.29) is 23.8 Å². The fourth-order valence-corrected chi connectivity index (χ4v) is 2.36. The Bertz CT molecular complexity index is 995. The van der Waals surface area contributed by atoms with Crippen molar-refractivity contribution in [2.45, 2.75) is 19.4 Å². The molecule has 136 valence electrons. The summed E-state index contributed by atoms with van der Waals surface area (Å²) in [6, 6.07) is 3.69. The van der Waals surface area contributed by atoms with Crippen LogP contribution < -0.4 is 11.1 Å². The van der Waals surface area contributed by atoms with E-state index in [2.05, 4.69) is 15.3 Å². The predicted molar refractivity (Wildman–Crippen MR) is 91.4 cm³/mol. The zero-order chi connectivity index (χ0) is 19.1. The summed E-state index contributed by atoms with van der Waals surface area (Å²) < 4.78 is 28.9. The van der Waals surface area contributed by atoms with E-state index in [9.17, 15) is 18.7 Å². The number of rotatable bonds is 4. The van der Waals surface area contributed by atoms with Gasteiger partial charge in [-0.1, -0.05) is 0 Å². The molecule has 1 amide bonds. The number of nitrogens with one attached hydrogen (secondary N) is 1. The molecule has 0 bridgehead atoms. The van der Waals surface area contributed by atoms with Crippen LogP contribution in [0.15, 0.2) is 30.6 Å². The summed E-state index contributed by atoms with van der Waals surface area (Å²) in [6.45, 7) is 3.24. The van der Waals surface area contributed by atoms with Crippen LogP contribution >= 0.6 is 0 Å². The highest BCUT2D eigenvalue weighted by Crippen LogP contribution is 2.24. The molecule has 0 radical (unpaired) electrons. The van der Waals surface area contributed by atoms with Crippen molar-refractivity contribution in [2.75, 3.05) is 12.3 Å².